The Morgan fingerprint density at radius 1 is 1.21 bits per heavy atom. The second-order valence-corrected chi connectivity index (χ2v) is 4.55. The van der Waals surface area contributed by atoms with E-state index >= 15 is 0 Å². The van der Waals surface area contributed by atoms with Crippen molar-refractivity contribution in [3.8, 4) is 0 Å². The molecule has 1 aromatic rings. The summed E-state index contributed by atoms with van der Waals surface area (Å²) in [6, 6.07) is 7.77. The van der Waals surface area contributed by atoms with Gasteiger partial charge in [-0.15, -0.1) is 11.6 Å². The molecule has 0 spiro atoms. The maximum atomic E-state index is 9.78. The zero-order valence-electron chi connectivity index (χ0n) is 7.92. The van der Waals surface area contributed by atoms with Crippen LogP contribution in [0.1, 0.15) is 30.9 Å². The van der Waals surface area contributed by atoms with Crippen LogP contribution < -0.4 is 0 Å². The lowest BCUT2D eigenvalue weighted by molar-refractivity contribution is 0.164. The average Bonchev–Trinajstić information content (AvgIpc) is 2.19. The second kappa shape index (κ2) is 6.44. The Kier molecular flexibility index (Phi) is 5.53. The third kappa shape index (κ3) is 3.99. The summed E-state index contributed by atoms with van der Waals surface area (Å²) in [6.07, 6.45) is 2.37. The van der Waals surface area contributed by atoms with Crippen molar-refractivity contribution in [2.45, 2.75) is 25.4 Å². The van der Waals surface area contributed by atoms with E-state index in [1.807, 2.05) is 24.3 Å². The monoisotopic (exact) mass is 276 g/mol. The third-order valence-corrected chi connectivity index (χ3v) is 2.91. The quantitative estimate of drug-likeness (QED) is 0.639. The van der Waals surface area contributed by atoms with Crippen LogP contribution in [0.4, 0.5) is 0 Å². The van der Waals surface area contributed by atoms with Crippen molar-refractivity contribution in [1.82, 2.24) is 0 Å². The zero-order chi connectivity index (χ0) is 10.4. The Morgan fingerprint density at radius 2 is 1.86 bits per heavy atom. The van der Waals surface area contributed by atoms with Gasteiger partial charge in [-0.1, -0.05) is 28.1 Å². The summed E-state index contributed by atoms with van der Waals surface area (Å²) in [5, 5.41) is 9.78. The number of hydrogen-bond acceptors (Lipinski definition) is 1. The molecule has 0 aromatic heterocycles. The van der Waals surface area contributed by atoms with Gasteiger partial charge in [0.15, 0.2) is 0 Å². The molecule has 0 unspecified atom stereocenters. The lowest BCUT2D eigenvalue weighted by atomic mass is 10.0. The third-order valence-electron chi connectivity index (χ3n) is 2.12. The van der Waals surface area contributed by atoms with E-state index in [9.17, 15) is 5.11 Å². The topological polar surface area (TPSA) is 20.2 Å². The molecule has 0 radical (unpaired) electrons. The molecule has 0 aliphatic carbocycles. The van der Waals surface area contributed by atoms with Crippen LogP contribution >= 0.6 is 27.5 Å². The van der Waals surface area contributed by atoms with Gasteiger partial charge in [0.2, 0.25) is 0 Å². The molecule has 0 amide bonds. The fraction of sp³-hybridized carbons (Fsp3) is 0.455. The molecule has 0 bridgehead atoms. The highest BCUT2D eigenvalue weighted by Gasteiger charge is 2.06. The van der Waals surface area contributed by atoms with Gasteiger partial charge < -0.3 is 5.11 Å². The van der Waals surface area contributed by atoms with Gasteiger partial charge in [0.1, 0.15) is 0 Å². The minimum Gasteiger partial charge on any atom is -0.388 e. The van der Waals surface area contributed by atoms with Gasteiger partial charge in [-0.2, -0.15) is 0 Å². The van der Waals surface area contributed by atoms with Gasteiger partial charge in [0.05, 0.1) is 6.10 Å². The number of rotatable bonds is 5. The SMILES string of the molecule is O[C@@H](CCCCCl)c1ccc(Br)cc1. The summed E-state index contributed by atoms with van der Waals surface area (Å²) in [7, 11) is 0. The molecule has 0 heterocycles. The summed E-state index contributed by atoms with van der Waals surface area (Å²) in [5.41, 5.74) is 0.975. The van der Waals surface area contributed by atoms with Crippen molar-refractivity contribution in [3.63, 3.8) is 0 Å². The van der Waals surface area contributed by atoms with Gasteiger partial charge in [-0.05, 0) is 37.0 Å². The summed E-state index contributed by atoms with van der Waals surface area (Å²) < 4.78 is 1.04. The maximum absolute atomic E-state index is 9.78. The number of halogens is 2. The molecule has 0 fully saturated rings. The van der Waals surface area contributed by atoms with Crippen molar-refractivity contribution >= 4 is 27.5 Å². The largest absolute Gasteiger partial charge is 0.388 e. The van der Waals surface area contributed by atoms with E-state index in [1.165, 1.54) is 0 Å². The smallest absolute Gasteiger partial charge is 0.0790 e. The van der Waals surface area contributed by atoms with E-state index < -0.39 is 0 Å². The van der Waals surface area contributed by atoms with Gasteiger partial charge in [0, 0.05) is 10.4 Å². The highest BCUT2D eigenvalue weighted by Crippen LogP contribution is 2.21. The molecule has 1 aromatic carbocycles. The van der Waals surface area contributed by atoms with Crippen molar-refractivity contribution in [2.24, 2.45) is 0 Å². The first-order chi connectivity index (χ1) is 6.74. The molecule has 0 saturated heterocycles. The summed E-state index contributed by atoms with van der Waals surface area (Å²) in [4.78, 5) is 0. The Balaban J connectivity index is 2.43. The van der Waals surface area contributed by atoms with Crippen LogP contribution in [-0.4, -0.2) is 11.0 Å². The molecular weight excluding hydrogens is 263 g/mol. The lowest BCUT2D eigenvalue weighted by Crippen LogP contribution is -1.97. The van der Waals surface area contributed by atoms with E-state index in [2.05, 4.69) is 15.9 Å². The van der Waals surface area contributed by atoms with Crippen molar-refractivity contribution in [1.29, 1.82) is 0 Å². The van der Waals surface area contributed by atoms with Gasteiger partial charge in [-0.3, -0.25) is 0 Å². The molecule has 1 atom stereocenters. The molecule has 0 aliphatic heterocycles. The standard InChI is InChI=1S/C11H14BrClO/c12-10-6-4-9(5-7-10)11(14)3-1-2-8-13/h4-7,11,14H,1-3,8H2/t11-/m0/s1. The van der Waals surface area contributed by atoms with Gasteiger partial charge in [-0.25, -0.2) is 0 Å². The predicted octanol–water partition coefficient (Wildman–Crippen LogP) is 3.89. The summed E-state index contributed by atoms with van der Waals surface area (Å²) >= 11 is 8.92. The van der Waals surface area contributed by atoms with Crippen molar-refractivity contribution in [2.75, 3.05) is 5.88 Å². The van der Waals surface area contributed by atoms with E-state index in [-0.39, 0.29) is 6.10 Å². The van der Waals surface area contributed by atoms with E-state index in [4.69, 9.17) is 11.6 Å². The molecule has 3 heteroatoms. The number of unbranched alkanes of at least 4 members (excludes halogenated alkanes) is 1. The minimum absolute atomic E-state index is 0.355. The van der Waals surface area contributed by atoms with E-state index in [0.29, 0.717) is 5.88 Å². The first kappa shape index (κ1) is 12.0. The Morgan fingerprint density at radius 3 is 2.43 bits per heavy atom. The van der Waals surface area contributed by atoms with E-state index in [1.54, 1.807) is 0 Å². The number of benzene rings is 1. The fourth-order valence-electron chi connectivity index (χ4n) is 1.28. The lowest BCUT2D eigenvalue weighted by Gasteiger charge is -2.10. The summed E-state index contributed by atoms with van der Waals surface area (Å²) in [5.74, 6) is 0.674. The van der Waals surface area contributed by atoms with Crippen LogP contribution in [0.2, 0.25) is 0 Å². The van der Waals surface area contributed by atoms with Gasteiger partial charge >= 0.3 is 0 Å². The molecule has 0 saturated carbocycles. The van der Waals surface area contributed by atoms with Gasteiger partial charge in [0.25, 0.3) is 0 Å². The van der Waals surface area contributed by atoms with Crippen LogP contribution in [0, 0.1) is 0 Å². The van der Waals surface area contributed by atoms with Crippen LogP contribution in [0.3, 0.4) is 0 Å². The number of alkyl halides is 1. The predicted molar refractivity (Wildman–Crippen MR) is 63.7 cm³/mol. The molecule has 1 N–H and O–H groups in total. The number of aliphatic hydroxyl groups is 1. The van der Waals surface area contributed by atoms with Crippen molar-refractivity contribution < 1.29 is 5.11 Å². The molecule has 14 heavy (non-hydrogen) atoms. The fourth-order valence-corrected chi connectivity index (χ4v) is 1.74. The summed E-state index contributed by atoms with van der Waals surface area (Å²) in [6.45, 7) is 0. The van der Waals surface area contributed by atoms with Crippen LogP contribution in [-0.2, 0) is 0 Å². The molecular formula is C11H14BrClO. The Labute approximate surface area is 98.2 Å². The first-order valence-corrected chi connectivity index (χ1v) is 6.06. The van der Waals surface area contributed by atoms with Crippen LogP contribution in [0.15, 0.2) is 28.7 Å². The zero-order valence-corrected chi connectivity index (χ0v) is 10.3. The number of hydrogen-bond donors (Lipinski definition) is 1. The van der Waals surface area contributed by atoms with Crippen LogP contribution in [0.25, 0.3) is 0 Å². The second-order valence-electron chi connectivity index (χ2n) is 3.25. The molecule has 1 nitrogen and oxygen atoms in total. The Hall–Kier alpha value is -0.0500. The Bertz CT molecular complexity index is 260. The van der Waals surface area contributed by atoms with Crippen LogP contribution in [0.5, 0.6) is 0 Å². The normalized spacial score (nSPS) is 12.8. The van der Waals surface area contributed by atoms with Crippen molar-refractivity contribution in [3.05, 3.63) is 34.3 Å². The molecule has 0 aliphatic rings. The van der Waals surface area contributed by atoms with E-state index in [0.717, 1.165) is 29.3 Å². The average molecular weight is 278 g/mol. The number of aliphatic hydroxyl groups excluding tert-OH is 1. The molecule has 78 valence electrons. The minimum atomic E-state index is -0.355. The highest BCUT2D eigenvalue weighted by molar-refractivity contribution is 9.10. The molecule has 1 rings (SSSR count). The first-order valence-electron chi connectivity index (χ1n) is 4.73. The maximum Gasteiger partial charge on any atom is 0.0790 e. The highest BCUT2D eigenvalue weighted by atomic mass is 79.9.